The van der Waals surface area contributed by atoms with E-state index >= 15 is 0 Å². The van der Waals surface area contributed by atoms with Crippen molar-refractivity contribution in [2.24, 2.45) is 11.7 Å². The number of piperidine rings is 1. The first-order chi connectivity index (χ1) is 6.77. The second-order valence-corrected chi connectivity index (χ2v) is 4.04. The number of halogens is 1. The van der Waals surface area contributed by atoms with Gasteiger partial charge in [-0.3, -0.25) is 4.39 Å². The summed E-state index contributed by atoms with van der Waals surface area (Å²) >= 11 is 0. The lowest BCUT2D eigenvalue weighted by Gasteiger charge is -2.35. The molecule has 3 N–H and O–H groups in total. The quantitative estimate of drug-likeness (QED) is 0.680. The average molecular weight is 204 g/mol. The SMILES string of the molecule is NCCCN1CC[C@H](O)[C@@H](CCF)C1. The van der Waals surface area contributed by atoms with Crippen molar-refractivity contribution in [3.05, 3.63) is 0 Å². The summed E-state index contributed by atoms with van der Waals surface area (Å²) in [5.41, 5.74) is 5.43. The largest absolute Gasteiger partial charge is 0.393 e. The van der Waals surface area contributed by atoms with Gasteiger partial charge in [-0.25, -0.2) is 0 Å². The van der Waals surface area contributed by atoms with Gasteiger partial charge in [-0.15, -0.1) is 0 Å². The first kappa shape index (κ1) is 11.9. The monoisotopic (exact) mass is 204 g/mol. The van der Waals surface area contributed by atoms with Gasteiger partial charge < -0.3 is 15.7 Å². The second kappa shape index (κ2) is 6.32. The van der Waals surface area contributed by atoms with E-state index in [1.165, 1.54) is 0 Å². The Bertz CT molecular complexity index is 155. The number of rotatable bonds is 5. The fourth-order valence-corrected chi connectivity index (χ4v) is 2.04. The van der Waals surface area contributed by atoms with Gasteiger partial charge in [-0.2, -0.15) is 0 Å². The summed E-state index contributed by atoms with van der Waals surface area (Å²) in [6.45, 7) is 3.10. The molecule has 3 nitrogen and oxygen atoms in total. The molecule has 0 aromatic rings. The molecule has 4 heteroatoms. The molecule has 2 atom stereocenters. The Morgan fingerprint density at radius 1 is 1.50 bits per heavy atom. The van der Waals surface area contributed by atoms with Gasteiger partial charge in [-0.1, -0.05) is 0 Å². The predicted octanol–water partition coefficient (Wildman–Crippen LogP) is 0.378. The number of nitrogens with zero attached hydrogens (tertiary/aromatic N) is 1. The van der Waals surface area contributed by atoms with Crippen molar-refractivity contribution in [2.45, 2.75) is 25.4 Å². The molecule has 0 aromatic carbocycles. The molecule has 0 radical (unpaired) electrons. The molecule has 0 aromatic heterocycles. The van der Waals surface area contributed by atoms with Crippen LogP contribution < -0.4 is 5.73 Å². The lowest BCUT2D eigenvalue weighted by molar-refractivity contribution is 0.0201. The summed E-state index contributed by atoms with van der Waals surface area (Å²) in [6, 6.07) is 0. The van der Waals surface area contributed by atoms with Gasteiger partial charge in [0.25, 0.3) is 0 Å². The molecular weight excluding hydrogens is 183 g/mol. The van der Waals surface area contributed by atoms with E-state index in [0.717, 1.165) is 32.5 Å². The van der Waals surface area contributed by atoms with Crippen molar-refractivity contribution in [3.8, 4) is 0 Å². The number of aliphatic hydroxyl groups excluding tert-OH is 1. The summed E-state index contributed by atoms with van der Waals surface area (Å²) in [6.07, 6.45) is 1.94. The fourth-order valence-electron chi connectivity index (χ4n) is 2.04. The average Bonchev–Trinajstić information content (AvgIpc) is 2.19. The van der Waals surface area contributed by atoms with E-state index in [1.807, 2.05) is 0 Å². The molecule has 1 saturated heterocycles. The van der Waals surface area contributed by atoms with Crippen LogP contribution in [-0.4, -0.2) is 49.0 Å². The molecule has 0 bridgehead atoms. The Labute approximate surface area is 85.1 Å². The zero-order chi connectivity index (χ0) is 10.4. The Morgan fingerprint density at radius 2 is 2.29 bits per heavy atom. The van der Waals surface area contributed by atoms with Crippen molar-refractivity contribution in [2.75, 3.05) is 32.9 Å². The molecule has 1 aliphatic rings. The van der Waals surface area contributed by atoms with E-state index in [9.17, 15) is 9.50 Å². The number of alkyl halides is 1. The minimum absolute atomic E-state index is 0.117. The third kappa shape index (κ3) is 3.52. The molecule has 14 heavy (non-hydrogen) atoms. The maximum absolute atomic E-state index is 12.2. The van der Waals surface area contributed by atoms with Crippen LogP contribution in [0.1, 0.15) is 19.3 Å². The summed E-state index contributed by atoms with van der Waals surface area (Å²) in [5.74, 6) is 0.117. The van der Waals surface area contributed by atoms with Crippen LogP contribution in [0.15, 0.2) is 0 Å². The zero-order valence-corrected chi connectivity index (χ0v) is 8.66. The van der Waals surface area contributed by atoms with E-state index in [-0.39, 0.29) is 18.7 Å². The molecule has 0 unspecified atom stereocenters. The van der Waals surface area contributed by atoms with Crippen LogP contribution in [-0.2, 0) is 0 Å². The van der Waals surface area contributed by atoms with Crippen LogP contribution >= 0.6 is 0 Å². The second-order valence-electron chi connectivity index (χ2n) is 4.04. The Kier molecular flexibility index (Phi) is 5.37. The molecule has 1 heterocycles. The molecule has 0 aliphatic carbocycles. The summed E-state index contributed by atoms with van der Waals surface area (Å²) in [7, 11) is 0. The van der Waals surface area contributed by atoms with Crippen LogP contribution in [0.25, 0.3) is 0 Å². The summed E-state index contributed by atoms with van der Waals surface area (Å²) in [4.78, 5) is 2.28. The molecule has 0 saturated carbocycles. The van der Waals surface area contributed by atoms with Gasteiger partial charge in [-0.05, 0) is 32.4 Å². The molecule has 1 fully saturated rings. The zero-order valence-electron chi connectivity index (χ0n) is 8.66. The van der Waals surface area contributed by atoms with Crippen molar-refractivity contribution in [1.82, 2.24) is 4.90 Å². The number of likely N-dealkylation sites (tertiary alicyclic amines) is 1. The maximum Gasteiger partial charge on any atom is 0.0898 e. The maximum atomic E-state index is 12.2. The minimum Gasteiger partial charge on any atom is -0.393 e. The van der Waals surface area contributed by atoms with Crippen molar-refractivity contribution in [1.29, 1.82) is 0 Å². The Balaban J connectivity index is 2.29. The standard InChI is InChI=1S/C10H21FN2O/c11-4-2-9-8-13(6-1-5-12)7-3-10(9)14/h9-10,14H,1-8,12H2/t9-,10-/m0/s1. The molecule has 0 spiro atoms. The van der Waals surface area contributed by atoms with Crippen LogP contribution in [0.2, 0.25) is 0 Å². The van der Waals surface area contributed by atoms with E-state index in [4.69, 9.17) is 5.73 Å². The van der Waals surface area contributed by atoms with E-state index in [1.54, 1.807) is 0 Å². The highest BCUT2D eigenvalue weighted by atomic mass is 19.1. The first-order valence-corrected chi connectivity index (χ1v) is 5.44. The third-order valence-corrected chi connectivity index (χ3v) is 2.94. The van der Waals surface area contributed by atoms with Crippen molar-refractivity contribution in [3.63, 3.8) is 0 Å². The van der Waals surface area contributed by atoms with Crippen molar-refractivity contribution >= 4 is 0 Å². The molecule has 1 aliphatic heterocycles. The predicted molar refractivity (Wildman–Crippen MR) is 54.8 cm³/mol. The minimum atomic E-state index is -0.327. The van der Waals surface area contributed by atoms with Gasteiger partial charge in [0.1, 0.15) is 0 Å². The summed E-state index contributed by atoms with van der Waals surface area (Å²) in [5, 5.41) is 9.63. The van der Waals surface area contributed by atoms with E-state index in [0.29, 0.717) is 13.0 Å². The molecule has 1 rings (SSSR count). The number of nitrogens with two attached hydrogens (primary N) is 1. The number of aliphatic hydroxyl groups is 1. The molecular formula is C10H21FN2O. The number of hydrogen-bond donors (Lipinski definition) is 2. The topological polar surface area (TPSA) is 49.5 Å². The number of hydrogen-bond acceptors (Lipinski definition) is 3. The lowest BCUT2D eigenvalue weighted by Crippen LogP contribution is -2.43. The fraction of sp³-hybridized carbons (Fsp3) is 1.00. The van der Waals surface area contributed by atoms with Crippen LogP contribution in [0, 0.1) is 5.92 Å². The van der Waals surface area contributed by atoms with Crippen LogP contribution in [0.3, 0.4) is 0 Å². The van der Waals surface area contributed by atoms with Crippen LogP contribution in [0.5, 0.6) is 0 Å². The van der Waals surface area contributed by atoms with Gasteiger partial charge >= 0.3 is 0 Å². The van der Waals surface area contributed by atoms with Crippen LogP contribution in [0.4, 0.5) is 4.39 Å². The first-order valence-electron chi connectivity index (χ1n) is 5.44. The van der Waals surface area contributed by atoms with E-state index < -0.39 is 0 Å². The molecule has 84 valence electrons. The molecule has 0 amide bonds. The van der Waals surface area contributed by atoms with Crippen molar-refractivity contribution < 1.29 is 9.50 Å². The highest BCUT2D eigenvalue weighted by Gasteiger charge is 2.26. The van der Waals surface area contributed by atoms with Gasteiger partial charge in [0, 0.05) is 19.0 Å². The van der Waals surface area contributed by atoms with Gasteiger partial charge in [0.15, 0.2) is 0 Å². The van der Waals surface area contributed by atoms with Gasteiger partial charge in [0.05, 0.1) is 12.8 Å². The third-order valence-electron chi connectivity index (χ3n) is 2.94. The normalized spacial score (nSPS) is 29.4. The highest BCUT2D eigenvalue weighted by molar-refractivity contribution is 4.79. The van der Waals surface area contributed by atoms with E-state index in [2.05, 4.69) is 4.90 Å². The lowest BCUT2D eigenvalue weighted by atomic mass is 9.92. The Morgan fingerprint density at radius 3 is 2.93 bits per heavy atom. The van der Waals surface area contributed by atoms with Gasteiger partial charge in [0.2, 0.25) is 0 Å². The summed E-state index contributed by atoms with van der Waals surface area (Å²) < 4.78 is 12.2. The highest BCUT2D eigenvalue weighted by Crippen LogP contribution is 2.20. The Hall–Kier alpha value is -0.190. The smallest absolute Gasteiger partial charge is 0.0898 e.